The van der Waals surface area contributed by atoms with Crippen LogP contribution in [0.4, 0.5) is 5.82 Å². The van der Waals surface area contributed by atoms with Crippen molar-refractivity contribution in [1.82, 2.24) is 20.6 Å². The molecule has 0 saturated carbocycles. The number of anilines is 1. The SMILES string of the molecule is CCCNc1nc(Cl)ncc1C#CCCCNC(=O)C(C)NC. The van der Waals surface area contributed by atoms with Gasteiger partial charge in [0.05, 0.1) is 11.6 Å². The standard InChI is InChI=1S/C16H24ClN5O/c1-4-9-19-14-13(11-21-16(17)22-14)8-6-5-7-10-20-15(23)12(2)18-3/h11-12,18H,4-5,7,9-10H2,1-3H3,(H,20,23)(H,19,21,22). The van der Waals surface area contributed by atoms with E-state index in [1.807, 2.05) is 6.92 Å². The lowest BCUT2D eigenvalue weighted by molar-refractivity contribution is -0.122. The van der Waals surface area contributed by atoms with E-state index in [1.165, 1.54) is 0 Å². The van der Waals surface area contributed by atoms with Gasteiger partial charge in [-0.3, -0.25) is 4.79 Å². The number of amides is 1. The summed E-state index contributed by atoms with van der Waals surface area (Å²) in [6.07, 6.45) is 4.08. The molecule has 126 valence electrons. The first-order valence-electron chi connectivity index (χ1n) is 7.78. The van der Waals surface area contributed by atoms with Gasteiger partial charge in [-0.25, -0.2) is 4.98 Å². The predicted molar refractivity (Wildman–Crippen MR) is 93.5 cm³/mol. The highest BCUT2D eigenvalue weighted by Gasteiger charge is 2.08. The molecule has 0 aliphatic rings. The maximum absolute atomic E-state index is 11.6. The van der Waals surface area contributed by atoms with Crippen molar-refractivity contribution in [2.45, 2.75) is 39.2 Å². The molecule has 0 fully saturated rings. The highest BCUT2D eigenvalue weighted by Crippen LogP contribution is 2.13. The third kappa shape index (κ3) is 7.31. The van der Waals surface area contributed by atoms with Gasteiger partial charge in [0.2, 0.25) is 11.2 Å². The average molecular weight is 338 g/mol. The van der Waals surface area contributed by atoms with Crippen LogP contribution < -0.4 is 16.0 Å². The zero-order valence-corrected chi connectivity index (χ0v) is 14.6. The van der Waals surface area contributed by atoms with E-state index in [0.29, 0.717) is 18.8 Å². The number of likely N-dealkylation sites (N-methyl/N-ethyl adjacent to an activating group) is 1. The molecule has 23 heavy (non-hydrogen) atoms. The van der Waals surface area contributed by atoms with Crippen molar-refractivity contribution >= 4 is 23.3 Å². The Kier molecular flexibility index (Phi) is 9.03. The fourth-order valence-electron chi connectivity index (χ4n) is 1.66. The largest absolute Gasteiger partial charge is 0.369 e. The van der Waals surface area contributed by atoms with E-state index in [1.54, 1.807) is 13.2 Å². The minimum atomic E-state index is -0.181. The van der Waals surface area contributed by atoms with Crippen LogP contribution in [0.25, 0.3) is 0 Å². The van der Waals surface area contributed by atoms with E-state index in [4.69, 9.17) is 11.6 Å². The molecule has 1 heterocycles. The summed E-state index contributed by atoms with van der Waals surface area (Å²) in [5.41, 5.74) is 0.732. The minimum Gasteiger partial charge on any atom is -0.369 e. The van der Waals surface area contributed by atoms with Crippen LogP contribution in [-0.2, 0) is 4.79 Å². The fraction of sp³-hybridized carbons (Fsp3) is 0.562. The lowest BCUT2D eigenvalue weighted by Crippen LogP contribution is -2.40. The maximum atomic E-state index is 11.6. The predicted octanol–water partition coefficient (Wildman–Crippen LogP) is 1.81. The van der Waals surface area contributed by atoms with Crippen LogP contribution in [0.1, 0.15) is 38.7 Å². The summed E-state index contributed by atoms with van der Waals surface area (Å²) in [6.45, 7) is 5.31. The molecule has 0 spiro atoms. The number of carbonyl (C=O) groups excluding carboxylic acids is 1. The Morgan fingerprint density at radius 3 is 2.91 bits per heavy atom. The molecule has 3 N–H and O–H groups in total. The van der Waals surface area contributed by atoms with Gasteiger partial charge in [0.1, 0.15) is 5.82 Å². The van der Waals surface area contributed by atoms with Crippen LogP contribution in [0.15, 0.2) is 6.20 Å². The Hall–Kier alpha value is -1.84. The van der Waals surface area contributed by atoms with E-state index in [-0.39, 0.29) is 17.2 Å². The highest BCUT2D eigenvalue weighted by atomic mass is 35.5. The van der Waals surface area contributed by atoms with Gasteiger partial charge in [0, 0.05) is 25.7 Å². The third-order valence-electron chi connectivity index (χ3n) is 3.13. The molecule has 0 saturated heterocycles. The van der Waals surface area contributed by atoms with Crippen LogP contribution in [-0.4, -0.2) is 42.1 Å². The van der Waals surface area contributed by atoms with Crippen molar-refractivity contribution in [3.63, 3.8) is 0 Å². The summed E-state index contributed by atoms with van der Waals surface area (Å²) in [4.78, 5) is 19.7. The van der Waals surface area contributed by atoms with Crippen LogP contribution in [0.5, 0.6) is 0 Å². The quantitative estimate of drug-likeness (QED) is 0.383. The Bertz CT molecular complexity index is 567. The third-order valence-corrected chi connectivity index (χ3v) is 3.31. The summed E-state index contributed by atoms with van der Waals surface area (Å²) >= 11 is 5.81. The molecule has 1 atom stereocenters. The molecular weight excluding hydrogens is 314 g/mol. The van der Waals surface area contributed by atoms with E-state index < -0.39 is 0 Å². The van der Waals surface area contributed by atoms with Crippen LogP contribution in [0.2, 0.25) is 5.28 Å². The molecule has 0 aliphatic heterocycles. The Morgan fingerprint density at radius 1 is 1.43 bits per heavy atom. The first kappa shape index (κ1) is 19.2. The highest BCUT2D eigenvalue weighted by molar-refractivity contribution is 6.28. The van der Waals surface area contributed by atoms with Gasteiger partial charge in [-0.05, 0) is 38.4 Å². The van der Waals surface area contributed by atoms with E-state index in [2.05, 4.69) is 44.7 Å². The maximum Gasteiger partial charge on any atom is 0.236 e. The zero-order valence-electron chi connectivity index (χ0n) is 13.9. The van der Waals surface area contributed by atoms with E-state index in [0.717, 1.165) is 24.9 Å². The Labute approximate surface area is 142 Å². The van der Waals surface area contributed by atoms with Crippen molar-refractivity contribution in [1.29, 1.82) is 0 Å². The second kappa shape index (κ2) is 10.8. The molecule has 1 aromatic heterocycles. The summed E-state index contributed by atoms with van der Waals surface area (Å²) in [6, 6.07) is -0.181. The van der Waals surface area contributed by atoms with Gasteiger partial charge in [-0.15, -0.1) is 0 Å². The first-order valence-corrected chi connectivity index (χ1v) is 8.16. The fourth-order valence-corrected chi connectivity index (χ4v) is 1.79. The average Bonchev–Trinajstić information content (AvgIpc) is 2.56. The molecule has 6 nitrogen and oxygen atoms in total. The molecule has 0 aliphatic carbocycles. The van der Waals surface area contributed by atoms with E-state index in [9.17, 15) is 4.79 Å². The van der Waals surface area contributed by atoms with Crippen LogP contribution in [0.3, 0.4) is 0 Å². The number of unbranched alkanes of at least 4 members (excludes halogenated alkanes) is 1. The summed E-state index contributed by atoms with van der Waals surface area (Å²) < 4.78 is 0. The molecule has 1 unspecified atom stereocenters. The number of aromatic nitrogens is 2. The molecule has 1 amide bonds. The van der Waals surface area contributed by atoms with E-state index >= 15 is 0 Å². The van der Waals surface area contributed by atoms with Crippen molar-refractivity contribution in [3.05, 3.63) is 17.0 Å². The molecule has 0 aromatic carbocycles. The van der Waals surface area contributed by atoms with Gasteiger partial charge in [0.15, 0.2) is 0 Å². The number of nitrogens with one attached hydrogen (secondary N) is 3. The second-order valence-corrected chi connectivity index (χ2v) is 5.37. The zero-order chi connectivity index (χ0) is 17.1. The summed E-state index contributed by atoms with van der Waals surface area (Å²) in [5, 5.41) is 9.14. The van der Waals surface area contributed by atoms with Gasteiger partial charge >= 0.3 is 0 Å². The number of halogens is 1. The van der Waals surface area contributed by atoms with Crippen molar-refractivity contribution in [3.8, 4) is 11.8 Å². The lowest BCUT2D eigenvalue weighted by atomic mass is 10.2. The molecule has 0 bridgehead atoms. The summed E-state index contributed by atoms with van der Waals surface area (Å²) in [7, 11) is 1.76. The molecule has 0 radical (unpaired) electrons. The van der Waals surface area contributed by atoms with Crippen LogP contribution in [0, 0.1) is 11.8 Å². The minimum absolute atomic E-state index is 0.00221. The van der Waals surface area contributed by atoms with Gasteiger partial charge in [-0.2, -0.15) is 4.98 Å². The van der Waals surface area contributed by atoms with Crippen molar-refractivity contribution < 1.29 is 4.79 Å². The first-order chi connectivity index (χ1) is 11.1. The smallest absolute Gasteiger partial charge is 0.236 e. The molecule has 7 heteroatoms. The van der Waals surface area contributed by atoms with Crippen molar-refractivity contribution in [2.24, 2.45) is 0 Å². The van der Waals surface area contributed by atoms with Gasteiger partial charge < -0.3 is 16.0 Å². The number of carbonyl (C=O) groups is 1. The number of nitrogens with zero attached hydrogens (tertiary/aromatic N) is 2. The number of rotatable bonds is 8. The lowest BCUT2D eigenvalue weighted by Gasteiger charge is -2.09. The van der Waals surface area contributed by atoms with Gasteiger partial charge in [0.25, 0.3) is 0 Å². The number of hydrogen-bond acceptors (Lipinski definition) is 5. The normalized spacial score (nSPS) is 11.3. The molecule has 1 rings (SSSR count). The van der Waals surface area contributed by atoms with Gasteiger partial charge in [-0.1, -0.05) is 18.8 Å². The van der Waals surface area contributed by atoms with Crippen molar-refractivity contribution in [2.75, 3.05) is 25.5 Å². The molecule has 1 aromatic rings. The van der Waals surface area contributed by atoms with Crippen LogP contribution >= 0.6 is 11.6 Å². The Morgan fingerprint density at radius 2 is 2.22 bits per heavy atom. The molecular formula is C16H24ClN5O. The summed E-state index contributed by atoms with van der Waals surface area (Å²) in [5.74, 6) is 6.79. The topological polar surface area (TPSA) is 78.9 Å². The number of hydrogen-bond donors (Lipinski definition) is 3. The Balaban J connectivity index is 2.45. The monoisotopic (exact) mass is 337 g/mol. The second-order valence-electron chi connectivity index (χ2n) is 5.03.